The number of likely N-dealkylation sites (N-methyl/N-ethyl adjacent to an activating group) is 1. The first kappa shape index (κ1) is 11.7. The molecule has 2 aliphatic rings. The van der Waals surface area contributed by atoms with Crippen LogP contribution in [-0.4, -0.2) is 54.4 Å². The molecule has 3 rings (SSSR count). The quantitative estimate of drug-likeness (QED) is 0.785. The smallest absolute Gasteiger partial charge is 0.233 e. The van der Waals surface area contributed by atoms with E-state index >= 15 is 0 Å². The molecule has 1 unspecified atom stereocenters. The van der Waals surface area contributed by atoms with E-state index in [2.05, 4.69) is 27.0 Å². The van der Waals surface area contributed by atoms with Gasteiger partial charge in [0.1, 0.15) is 0 Å². The van der Waals surface area contributed by atoms with Crippen molar-refractivity contribution in [1.82, 2.24) is 15.1 Å². The molecule has 5 nitrogen and oxygen atoms in total. The highest BCUT2D eigenvalue weighted by Gasteiger charge is 2.44. The minimum Gasteiger partial charge on any atom is -0.480 e. The van der Waals surface area contributed by atoms with Crippen LogP contribution in [0.1, 0.15) is 19.3 Å². The predicted molar refractivity (Wildman–Crippen MR) is 70.0 cm³/mol. The van der Waals surface area contributed by atoms with E-state index in [4.69, 9.17) is 4.74 Å². The third kappa shape index (κ3) is 1.82. The molecule has 0 radical (unpaired) electrons. The summed E-state index contributed by atoms with van der Waals surface area (Å²) in [4.78, 5) is 4.86. The highest BCUT2D eigenvalue weighted by molar-refractivity contribution is 5.41. The van der Waals surface area contributed by atoms with E-state index in [1.807, 2.05) is 12.1 Å². The second-order valence-corrected chi connectivity index (χ2v) is 5.35. The fourth-order valence-corrected chi connectivity index (χ4v) is 3.23. The lowest BCUT2D eigenvalue weighted by molar-refractivity contribution is 0.198. The molecule has 2 aliphatic heterocycles. The van der Waals surface area contributed by atoms with Crippen LogP contribution in [0.5, 0.6) is 5.88 Å². The molecule has 0 N–H and O–H groups in total. The SMILES string of the molecule is COc1ccc(N2CCC3(CCCN3C)C2)nn1. The number of rotatable bonds is 2. The van der Waals surface area contributed by atoms with E-state index in [0.717, 1.165) is 18.9 Å². The molecule has 3 heterocycles. The number of nitrogens with zero attached hydrogens (tertiary/aromatic N) is 4. The number of ether oxygens (including phenoxy) is 1. The van der Waals surface area contributed by atoms with Crippen molar-refractivity contribution in [3.63, 3.8) is 0 Å². The van der Waals surface area contributed by atoms with Crippen LogP contribution in [0.4, 0.5) is 5.82 Å². The normalized spacial score (nSPS) is 28.2. The van der Waals surface area contributed by atoms with Crippen molar-refractivity contribution in [2.75, 3.05) is 38.7 Å². The molecule has 0 bridgehead atoms. The monoisotopic (exact) mass is 248 g/mol. The van der Waals surface area contributed by atoms with Crippen LogP contribution >= 0.6 is 0 Å². The Kier molecular flexibility index (Phi) is 2.86. The Morgan fingerprint density at radius 1 is 1.22 bits per heavy atom. The van der Waals surface area contributed by atoms with Gasteiger partial charge in [0.15, 0.2) is 5.82 Å². The van der Waals surface area contributed by atoms with Gasteiger partial charge in [0.25, 0.3) is 0 Å². The van der Waals surface area contributed by atoms with Crippen LogP contribution in [-0.2, 0) is 0 Å². The van der Waals surface area contributed by atoms with Gasteiger partial charge in [-0.25, -0.2) is 0 Å². The summed E-state index contributed by atoms with van der Waals surface area (Å²) in [6, 6.07) is 3.88. The molecule has 98 valence electrons. The van der Waals surface area contributed by atoms with Gasteiger partial charge in [-0.05, 0) is 38.9 Å². The molecule has 5 heteroatoms. The maximum absolute atomic E-state index is 5.04. The summed E-state index contributed by atoms with van der Waals surface area (Å²) in [7, 11) is 3.86. The number of aromatic nitrogens is 2. The van der Waals surface area contributed by atoms with Gasteiger partial charge in [0.2, 0.25) is 5.88 Å². The van der Waals surface area contributed by atoms with E-state index in [0.29, 0.717) is 11.4 Å². The molecular formula is C13H20N4O. The third-order valence-electron chi connectivity index (χ3n) is 4.44. The van der Waals surface area contributed by atoms with Crippen molar-refractivity contribution in [3.8, 4) is 5.88 Å². The summed E-state index contributed by atoms with van der Waals surface area (Å²) in [5.41, 5.74) is 0.377. The Morgan fingerprint density at radius 3 is 2.72 bits per heavy atom. The second kappa shape index (κ2) is 4.39. The maximum atomic E-state index is 5.04. The topological polar surface area (TPSA) is 41.5 Å². The summed E-state index contributed by atoms with van der Waals surface area (Å²) in [5.74, 6) is 1.54. The molecule has 0 aliphatic carbocycles. The number of anilines is 1. The Balaban J connectivity index is 1.75. The van der Waals surface area contributed by atoms with Gasteiger partial charge in [-0.1, -0.05) is 0 Å². The summed E-state index contributed by atoms with van der Waals surface area (Å²) >= 11 is 0. The Morgan fingerprint density at radius 2 is 2.11 bits per heavy atom. The van der Waals surface area contributed by atoms with Gasteiger partial charge in [-0.2, -0.15) is 0 Å². The van der Waals surface area contributed by atoms with Gasteiger partial charge in [-0.3, -0.25) is 4.90 Å². The average Bonchev–Trinajstić information content (AvgIpc) is 2.99. The fraction of sp³-hybridized carbons (Fsp3) is 0.692. The first-order valence-corrected chi connectivity index (χ1v) is 6.57. The Hall–Kier alpha value is -1.36. The first-order valence-electron chi connectivity index (χ1n) is 6.57. The van der Waals surface area contributed by atoms with Crippen LogP contribution in [0.25, 0.3) is 0 Å². The first-order chi connectivity index (χ1) is 8.73. The van der Waals surface area contributed by atoms with Crippen molar-refractivity contribution in [2.45, 2.75) is 24.8 Å². The van der Waals surface area contributed by atoms with Gasteiger partial charge >= 0.3 is 0 Å². The number of likely N-dealkylation sites (tertiary alicyclic amines) is 1. The van der Waals surface area contributed by atoms with Gasteiger partial charge in [-0.15, -0.1) is 10.2 Å². The molecule has 2 saturated heterocycles. The molecule has 18 heavy (non-hydrogen) atoms. The highest BCUT2D eigenvalue weighted by Crippen LogP contribution is 2.37. The Bertz CT molecular complexity index is 422. The summed E-state index contributed by atoms with van der Waals surface area (Å²) < 4.78 is 5.04. The van der Waals surface area contributed by atoms with Crippen molar-refractivity contribution < 1.29 is 4.74 Å². The van der Waals surface area contributed by atoms with Crippen LogP contribution in [0, 0.1) is 0 Å². The fourth-order valence-electron chi connectivity index (χ4n) is 3.23. The predicted octanol–water partition coefficient (Wildman–Crippen LogP) is 1.16. The van der Waals surface area contributed by atoms with E-state index in [-0.39, 0.29) is 0 Å². The van der Waals surface area contributed by atoms with Gasteiger partial charge in [0, 0.05) is 24.7 Å². The average molecular weight is 248 g/mol. The van der Waals surface area contributed by atoms with E-state index in [9.17, 15) is 0 Å². The summed E-state index contributed by atoms with van der Waals surface area (Å²) in [6.45, 7) is 3.37. The van der Waals surface area contributed by atoms with Crippen LogP contribution in [0.15, 0.2) is 12.1 Å². The van der Waals surface area contributed by atoms with Crippen molar-refractivity contribution >= 4 is 5.82 Å². The number of hydrogen-bond donors (Lipinski definition) is 0. The second-order valence-electron chi connectivity index (χ2n) is 5.35. The lowest BCUT2D eigenvalue weighted by Gasteiger charge is -2.32. The molecule has 1 aromatic heterocycles. The van der Waals surface area contributed by atoms with E-state index < -0.39 is 0 Å². The standard InChI is InChI=1S/C13H20N4O/c1-16-8-3-6-13(16)7-9-17(10-13)11-4-5-12(18-2)15-14-11/h4-5H,3,6-10H2,1-2H3. The van der Waals surface area contributed by atoms with Gasteiger partial charge in [0.05, 0.1) is 7.11 Å². The minimum absolute atomic E-state index is 0.377. The lowest BCUT2D eigenvalue weighted by atomic mass is 9.96. The zero-order valence-corrected chi connectivity index (χ0v) is 11.1. The Labute approximate surface area is 108 Å². The van der Waals surface area contributed by atoms with Crippen molar-refractivity contribution in [3.05, 3.63) is 12.1 Å². The zero-order valence-electron chi connectivity index (χ0n) is 11.1. The molecule has 0 amide bonds. The van der Waals surface area contributed by atoms with Crippen LogP contribution in [0.3, 0.4) is 0 Å². The molecule has 0 saturated carbocycles. The molecule has 2 fully saturated rings. The van der Waals surface area contributed by atoms with Crippen LogP contribution in [0.2, 0.25) is 0 Å². The lowest BCUT2D eigenvalue weighted by Crippen LogP contribution is -2.43. The summed E-state index contributed by atoms with van der Waals surface area (Å²) in [5, 5.41) is 8.29. The summed E-state index contributed by atoms with van der Waals surface area (Å²) in [6.07, 6.45) is 3.86. The largest absolute Gasteiger partial charge is 0.480 e. The highest BCUT2D eigenvalue weighted by atomic mass is 16.5. The van der Waals surface area contributed by atoms with Gasteiger partial charge < -0.3 is 9.64 Å². The van der Waals surface area contributed by atoms with Crippen molar-refractivity contribution in [1.29, 1.82) is 0 Å². The van der Waals surface area contributed by atoms with Crippen molar-refractivity contribution in [2.24, 2.45) is 0 Å². The molecule has 1 spiro atoms. The molecular weight excluding hydrogens is 228 g/mol. The molecule has 1 aromatic rings. The van der Waals surface area contributed by atoms with Crippen LogP contribution < -0.4 is 9.64 Å². The maximum Gasteiger partial charge on any atom is 0.233 e. The number of methoxy groups -OCH3 is 1. The van der Waals surface area contributed by atoms with E-state index in [1.54, 1.807) is 7.11 Å². The molecule has 0 aromatic carbocycles. The minimum atomic E-state index is 0.377. The zero-order chi connectivity index (χ0) is 12.6. The number of hydrogen-bond acceptors (Lipinski definition) is 5. The molecule has 1 atom stereocenters. The van der Waals surface area contributed by atoms with E-state index in [1.165, 1.54) is 25.8 Å². The third-order valence-corrected chi connectivity index (χ3v) is 4.44.